The highest BCUT2D eigenvalue weighted by Crippen LogP contribution is 2.29. The van der Waals surface area contributed by atoms with Gasteiger partial charge in [0.15, 0.2) is 5.82 Å². The van der Waals surface area contributed by atoms with Crippen molar-refractivity contribution >= 4 is 23.3 Å². The summed E-state index contributed by atoms with van der Waals surface area (Å²) in [5, 5.41) is 7.25. The maximum atomic E-state index is 12.1. The Bertz CT molecular complexity index is 658. The van der Waals surface area contributed by atoms with Gasteiger partial charge in [0.2, 0.25) is 11.8 Å². The number of aryl methyl sites for hydroxylation is 1. The van der Waals surface area contributed by atoms with Crippen molar-refractivity contribution in [2.24, 2.45) is 0 Å². The van der Waals surface area contributed by atoms with Crippen molar-refractivity contribution in [1.29, 1.82) is 0 Å². The Morgan fingerprint density at radius 2 is 2.41 bits per heavy atom. The zero-order valence-corrected chi connectivity index (χ0v) is 12.9. The number of hydrogen-bond donors (Lipinski definition) is 1. The number of carbonyl (C=O) groups is 1. The Kier molecular flexibility index (Phi) is 4.35. The van der Waals surface area contributed by atoms with Gasteiger partial charge < -0.3 is 9.84 Å². The lowest BCUT2D eigenvalue weighted by Crippen LogP contribution is -2.33. The lowest BCUT2D eigenvalue weighted by Gasteiger charge is -2.20. The molecule has 7 nitrogen and oxygen atoms in total. The summed E-state index contributed by atoms with van der Waals surface area (Å²) in [6.45, 7) is 2.86. The number of likely N-dealkylation sites (tertiary alicyclic amines) is 1. The van der Waals surface area contributed by atoms with Gasteiger partial charge in [-0.15, -0.1) is 0 Å². The molecular formula is C14H16ClN5O2. The van der Waals surface area contributed by atoms with E-state index in [1.54, 1.807) is 19.1 Å². The third-order valence-electron chi connectivity index (χ3n) is 3.55. The van der Waals surface area contributed by atoms with Crippen LogP contribution in [0.3, 0.4) is 0 Å². The van der Waals surface area contributed by atoms with E-state index < -0.39 is 0 Å². The van der Waals surface area contributed by atoms with E-state index in [0.29, 0.717) is 22.6 Å². The molecule has 1 unspecified atom stereocenters. The molecule has 1 fully saturated rings. The quantitative estimate of drug-likeness (QED) is 0.929. The fraction of sp³-hybridized carbons (Fsp3) is 0.429. The molecule has 116 valence electrons. The number of rotatable bonds is 4. The molecular weight excluding hydrogens is 306 g/mol. The zero-order chi connectivity index (χ0) is 15.5. The van der Waals surface area contributed by atoms with E-state index in [2.05, 4.69) is 25.3 Å². The Balaban J connectivity index is 1.61. The lowest BCUT2D eigenvalue weighted by molar-refractivity contribution is -0.117. The number of aromatic nitrogens is 3. The molecule has 0 bridgehead atoms. The average molecular weight is 322 g/mol. The van der Waals surface area contributed by atoms with E-state index in [1.807, 2.05) is 0 Å². The summed E-state index contributed by atoms with van der Waals surface area (Å²) in [5.74, 6) is 1.55. The van der Waals surface area contributed by atoms with Gasteiger partial charge in [0.25, 0.3) is 0 Å². The van der Waals surface area contributed by atoms with Crippen molar-refractivity contribution < 1.29 is 9.32 Å². The van der Waals surface area contributed by atoms with Crippen LogP contribution in [0.4, 0.5) is 5.82 Å². The maximum Gasteiger partial charge on any atom is 0.239 e. The first kappa shape index (κ1) is 14.9. The Labute approximate surface area is 132 Å². The topological polar surface area (TPSA) is 84.2 Å². The summed E-state index contributed by atoms with van der Waals surface area (Å²) in [6.07, 6.45) is 3.42. The minimum atomic E-state index is -0.123. The van der Waals surface area contributed by atoms with Gasteiger partial charge >= 0.3 is 0 Å². The molecule has 3 rings (SSSR count). The molecule has 0 saturated carbocycles. The molecule has 2 aromatic heterocycles. The lowest BCUT2D eigenvalue weighted by atomic mass is 10.2. The highest BCUT2D eigenvalue weighted by Gasteiger charge is 2.31. The van der Waals surface area contributed by atoms with Crippen LogP contribution in [0.2, 0.25) is 5.02 Å². The van der Waals surface area contributed by atoms with Gasteiger partial charge in [-0.2, -0.15) is 4.98 Å². The molecule has 1 atom stereocenters. The van der Waals surface area contributed by atoms with Gasteiger partial charge in [0, 0.05) is 13.1 Å². The van der Waals surface area contributed by atoms with Crippen LogP contribution in [0.1, 0.15) is 30.6 Å². The average Bonchev–Trinajstić information content (AvgIpc) is 3.10. The fourth-order valence-electron chi connectivity index (χ4n) is 2.57. The first-order chi connectivity index (χ1) is 10.6. The number of hydrogen-bond acceptors (Lipinski definition) is 6. The standard InChI is InChI=1S/C14H16ClN5O2/c1-9-17-14(19-22-9)11-3-2-6-20(11)8-13(21)18-12-5-4-10(15)7-16-12/h4-5,7,11H,2-3,6,8H2,1H3,(H,16,18,21). The molecule has 0 aromatic carbocycles. The maximum absolute atomic E-state index is 12.1. The molecule has 3 heterocycles. The SMILES string of the molecule is Cc1nc(C2CCCN2CC(=O)Nc2ccc(Cl)cn2)no1. The van der Waals surface area contributed by atoms with Gasteiger partial charge in [-0.25, -0.2) is 4.98 Å². The second-order valence-electron chi connectivity index (χ2n) is 5.21. The second kappa shape index (κ2) is 6.41. The number of nitrogens with one attached hydrogen (secondary N) is 1. The molecule has 1 N–H and O–H groups in total. The molecule has 0 radical (unpaired) electrons. The Morgan fingerprint density at radius 3 is 3.09 bits per heavy atom. The van der Waals surface area contributed by atoms with Crippen LogP contribution in [0.25, 0.3) is 0 Å². The first-order valence-electron chi connectivity index (χ1n) is 7.07. The van der Waals surface area contributed by atoms with Crippen LogP contribution in [-0.4, -0.2) is 39.0 Å². The highest BCUT2D eigenvalue weighted by molar-refractivity contribution is 6.30. The second-order valence-corrected chi connectivity index (χ2v) is 5.65. The predicted molar refractivity (Wildman–Crippen MR) is 80.5 cm³/mol. The molecule has 8 heteroatoms. The predicted octanol–water partition coefficient (Wildman–Crippen LogP) is 2.20. The van der Waals surface area contributed by atoms with Gasteiger partial charge in [-0.1, -0.05) is 16.8 Å². The van der Waals surface area contributed by atoms with Crippen molar-refractivity contribution in [1.82, 2.24) is 20.0 Å². The van der Waals surface area contributed by atoms with E-state index in [-0.39, 0.29) is 18.5 Å². The smallest absolute Gasteiger partial charge is 0.239 e. The third-order valence-corrected chi connectivity index (χ3v) is 3.77. The normalized spacial score (nSPS) is 18.5. The molecule has 1 saturated heterocycles. The van der Waals surface area contributed by atoms with Crippen LogP contribution in [0.15, 0.2) is 22.9 Å². The molecule has 1 amide bonds. The summed E-state index contributed by atoms with van der Waals surface area (Å²) in [5.41, 5.74) is 0. The Morgan fingerprint density at radius 1 is 1.55 bits per heavy atom. The number of carbonyl (C=O) groups excluding carboxylic acids is 1. The van der Waals surface area contributed by atoms with Crippen molar-refractivity contribution in [3.63, 3.8) is 0 Å². The van der Waals surface area contributed by atoms with Crippen molar-refractivity contribution in [3.05, 3.63) is 35.1 Å². The summed E-state index contributed by atoms with van der Waals surface area (Å²) in [4.78, 5) is 22.5. The minimum Gasteiger partial charge on any atom is -0.340 e. The van der Waals surface area contributed by atoms with Crippen LogP contribution in [0.5, 0.6) is 0 Å². The van der Waals surface area contributed by atoms with Crippen molar-refractivity contribution in [2.75, 3.05) is 18.4 Å². The molecule has 1 aliphatic rings. The van der Waals surface area contributed by atoms with E-state index in [0.717, 1.165) is 19.4 Å². The van der Waals surface area contributed by atoms with Crippen molar-refractivity contribution in [3.8, 4) is 0 Å². The summed E-state index contributed by atoms with van der Waals surface area (Å²) in [6, 6.07) is 3.39. The number of pyridine rings is 1. The first-order valence-corrected chi connectivity index (χ1v) is 7.45. The van der Waals surface area contributed by atoms with Gasteiger partial charge in [0.05, 0.1) is 17.6 Å². The summed E-state index contributed by atoms with van der Waals surface area (Å²) >= 11 is 5.77. The Hall–Kier alpha value is -1.99. The van der Waals surface area contributed by atoms with Gasteiger partial charge in [0.1, 0.15) is 5.82 Å². The van der Waals surface area contributed by atoms with Crippen LogP contribution in [-0.2, 0) is 4.79 Å². The minimum absolute atomic E-state index is 0.0291. The van der Waals surface area contributed by atoms with Gasteiger partial charge in [-0.05, 0) is 31.5 Å². The van der Waals surface area contributed by atoms with E-state index in [1.165, 1.54) is 6.20 Å². The number of halogens is 1. The van der Waals surface area contributed by atoms with E-state index >= 15 is 0 Å². The highest BCUT2D eigenvalue weighted by atomic mass is 35.5. The van der Waals surface area contributed by atoms with Crippen molar-refractivity contribution in [2.45, 2.75) is 25.8 Å². The molecule has 2 aromatic rings. The fourth-order valence-corrected chi connectivity index (χ4v) is 2.69. The van der Waals surface area contributed by atoms with E-state index in [4.69, 9.17) is 16.1 Å². The summed E-state index contributed by atoms with van der Waals surface area (Å²) < 4.78 is 5.03. The number of anilines is 1. The third kappa shape index (κ3) is 3.42. The largest absolute Gasteiger partial charge is 0.340 e. The number of nitrogens with zero attached hydrogens (tertiary/aromatic N) is 4. The molecule has 0 aliphatic carbocycles. The zero-order valence-electron chi connectivity index (χ0n) is 12.1. The monoisotopic (exact) mass is 321 g/mol. The molecule has 0 spiro atoms. The van der Waals surface area contributed by atoms with Crippen LogP contribution in [0, 0.1) is 6.92 Å². The van der Waals surface area contributed by atoms with E-state index in [9.17, 15) is 4.79 Å². The van der Waals surface area contributed by atoms with Gasteiger partial charge in [-0.3, -0.25) is 9.69 Å². The summed E-state index contributed by atoms with van der Waals surface area (Å²) in [7, 11) is 0. The molecule has 1 aliphatic heterocycles. The van der Waals surface area contributed by atoms with Crippen LogP contribution >= 0.6 is 11.6 Å². The van der Waals surface area contributed by atoms with Crippen LogP contribution < -0.4 is 5.32 Å². The number of amides is 1. The molecule has 22 heavy (non-hydrogen) atoms.